The second kappa shape index (κ2) is 4.37. The highest BCUT2D eigenvalue weighted by molar-refractivity contribution is 5.94. The van der Waals surface area contributed by atoms with Gasteiger partial charge in [0.05, 0.1) is 5.60 Å². The van der Waals surface area contributed by atoms with E-state index in [0.29, 0.717) is 18.7 Å². The topological polar surface area (TPSA) is 60.8 Å². The third kappa shape index (κ3) is 2.77. The SMILES string of the molecule is CC1(O)CCCN(C(=O)c2ccc(O)cc2)C1. The Bertz CT molecular complexity index is 411. The maximum Gasteiger partial charge on any atom is 0.253 e. The summed E-state index contributed by atoms with van der Waals surface area (Å²) >= 11 is 0. The van der Waals surface area contributed by atoms with Crippen LogP contribution in [-0.4, -0.2) is 39.7 Å². The summed E-state index contributed by atoms with van der Waals surface area (Å²) in [6.45, 7) is 2.80. The zero-order valence-corrected chi connectivity index (χ0v) is 9.89. The molecule has 0 radical (unpaired) electrons. The Balaban J connectivity index is 2.12. The zero-order valence-electron chi connectivity index (χ0n) is 9.89. The van der Waals surface area contributed by atoms with E-state index in [0.717, 1.165) is 12.8 Å². The Hall–Kier alpha value is -1.55. The van der Waals surface area contributed by atoms with Gasteiger partial charge in [0.25, 0.3) is 5.91 Å². The van der Waals surface area contributed by atoms with Crippen molar-refractivity contribution in [1.82, 2.24) is 4.90 Å². The molecule has 1 unspecified atom stereocenters. The van der Waals surface area contributed by atoms with Crippen molar-refractivity contribution < 1.29 is 15.0 Å². The molecule has 0 spiro atoms. The van der Waals surface area contributed by atoms with Gasteiger partial charge in [0.1, 0.15) is 5.75 Å². The number of hydrogen-bond donors (Lipinski definition) is 2. The number of β-amino-alcohol motifs (C(OH)–C–C–N with tert-alkyl or cyclic N) is 1. The number of phenolic OH excluding ortho intramolecular Hbond substituents is 1. The van der Waals surface area contributed by atoms with Gasteiger partial charge in [0.15, 0.2) is 0 Å². The van der Waals surface area contributed by atoms with Crippen LogP contribution < -0.4 is 0 Å². The number of benzene rings is 1. The minimum atomic E-state index is -0.787. The molecule has 4 heteroatoms. The highest BCUT2D eigenvalue weighted by atomic mass is 16.3. The first-order valence-corrected chi connectivity index (χ1v) is 5.79. The van der Waals surface area contributed by atoms with Crippen molar-refractivity contribution in [1.29, 1.82) is 0 Å². The number of amides is 1. The summed E-state index contributed by atoms with van der Waals surface area (Å²) < 4.78 is 0. The molecule has 2 N–H and O–H groups in total. The molecule has 17 heavy (non-hydrogen) atoms. The predicted molar refractivity (Wildman–Crippen MR) is 63.9 cm³/mol. The fourth-order valence-electron chi connectivity index (χ4n) is 2.18. The minimum absolute atomic E-state index is 0.0926. The van der Waals surface area contributed by atoms with Crippen molar-refractivity contribution >= 4 is 5.91 Å². The zero-order chi connectivity index (χ0) is 12.5. The molecule has 0 bridgehead atoms. The quantitative estimate of drug-likeness (QED) is 0.773. The number of carbonyl (C=O) groups excluding carboxylic acids is 1. The molecule has 0 saturated carbocycles. The van der Waals surface area contributed by atoms with Gasteiger partial charge in [-0.05, 0) is 44.0 Å². The molecule has 1 aromatic carbocycles. The molecule has 1 saturated heterocycles. The largest absolute Gasteiger partial charge is 0.508 e. The van der Waals surface area contributed by atoms with E-state index in [-0.39, 0.29) is 11.7 Å². The van der Waals surface area contributed by atoms with Crippen LogP contribution in [0.25, 0.3) is 0 Å². The third-order valence-electron chi connectivity index (χ3n) is 3.08. The second-order valence-corrected chi connectivity index (χ2v) is 4.87. The van der Waals surface area contributed by atoms with Crippen molar-refractivity contribution in [3.8, 4) is 5.75 Å². The Morgan fingerprint density at radius 1 is 1.35 bits per heavy atom. The van der Waals surface area contributed by atoms with Crippen molar-refractivity contribution in [3.63, 3.8) is 0 Å². The number of hydrogen-bond acceptors (Lipinski definition) is 3. The van der Waals surface area contributed by atoms with Gasteiger partial charge in [-0.15, -0.1) is 0 Å². The van der Waals surface area contributed by atoms with E-state index in [1.54, 1.807) is 24.0 Å². The molecule has 1 fully saturated rings. The van der Waals surface area contributed by atoms with Crippen LogP contribution in [0.15, 0.2) is 24.3 Å². The molecule has 1 aliphatic heterocycles. The number of phenols is 1. The maximum absolute atomic E-state index is 12.1. The monoisotopic (exact) mass is 235 g/mol. The van der Waals surface area contributed by atoms with E-state index in [4.69, 9.17) is 5.11 Å². The van der Waals surface area contributed by atoms with Crippen LogP contribution in [0.5, 0.6) is 5.75 Å². The van der Waals surface area contributed by atoms with Crippen LogP contribution in [0.1, 0.15) is 30.1 Å². The Kier molecular flexibility index (Phi) is 3.07. The van der Waals surface area contributed by atoms with Gasteiger partial charge < -0.3 is 15.1 Å². The summed E-state index contributed by atoms with van der Waals surface area (Å²) in [5, 5.41) is 19.1. The molecule has 2 rings (SSSR count). The molecule has 92 valence electrons. The highest BCUT2D eigenvalue weighted by Gasteiger charge is 2.31. The highest BCUT2D eigenvalue weighted by Crippen LogP contribution is 2.22. The Morgan fingerprint density at radius 3 is 2.59 bits per heavy atom. The van der Waals surface area contributed by atoms with Crippen molar-refractivity contribution in [2.24, 2.45) is 0 Å². The molecule has 1 heterocycles. The van der Waals surface area contributed by atoms with Crippen molar-refractivity contribution in [3.05, 3.63) is 29.8 Å². The average molecular weight is 235 g/mol. The third-order valence-corrected chi connectivity index (χ3v) is 3.08. The summed E-state index contributed by atoms with van der Waals surface area (Å²) in [4.78, 5) is 13.8. The van der Waals surface area contributed by atoms with Gasteiger partial charge in [-0.2, -0.15) is 0 Å². The summed E-state index contributed by atoms with van der Waals surface area (Å²) in [7, 11) is 0. The molecule has 1 atom stereocenters. The normalized spacial score (nSPS) is 24.7. The number of aromatic hydroxyl groups is 1. The summed E-state index contributed by atoms with van der Waals surface area (Å²) in [5.74, 6) is 0.0529. The molecule has 1 amide bonds. The lowest BCUT2D eigenvalue weighted by molar-refractivity contribution is -0.0107. The van der Waals surface area contributed by atoms with Crippen LogP contribution in [0, 0.1) is 0 Å². The smallest absolute Gasteiger partial charge is 0.253 e. The maximum atomic E-state index is 12.1. The molecular weight excluding hydrogens is 218 g/mol. The second-order valence-electron chi connectivity index (χ2n) is 4.87. The molecule has 4 nitrogen and oxygen atoms in total. The van der Waals surface area contributed by atoms with E-state index < -0.39 is 5.60 Å². The van der Waals surface area contributed by atoms with Gasteiger partial charge in [-0.3, -0.25) is 4.79 Å². The summed E-state index contributed by atoms with van der Waals surface area (Å²) in [6, 6.07) is 6.19. The number of aliphatic hydroxyl groups is 1. The number of carbonyl (C=O) groups is 1. The van der Waals surface area contributed by atoms with Crippen LogP contribution in [0.3, 0.4) is 0 Å². The van der Waals surface area contributed by atoms with Gasteiger partial charge in [-0.25, -0.2) is 0 Å². The molecule has 1 aromatic rings. The van der Waals surface area contributed by atoms with Crippen LogP contribution in [-0.2, 0) is 0 Å². The van der Waals surface area contributed by atoms with E-state index in [1.165, 1.54) is 12.1 Å². The predicted octanol–water partition coefficient (Wildman–Crippen LogP) is 1.38. The first kappa shape index (κ1) is 11.9. The standard InChI is InChI=1S/C13H17NO3/c1-13(17)7-2-8-14(9-13)12(16)10-3-5-11(15)6-4-10/h3-6,15,17H,2,7-9H2,1H3. The molecule has 0 aromatic heterocycles. The van der Waals surface area contributed by atoms with E-state index in [2.05, 4.69) is 0 Å². The number of likely N-dealkylation sites (tertiary alicyclic amines) is 1. The summed E-state index contributed by atoms with van der Waals surface area (Å²) in [5.41, 5.74) is -0.245. The number of nitrogens with zero attached hydrogens (tertiary/aromatic N) is 1. The van der Waals surface area contributed by atoms with Gasteiger partial charge in [0, 0.05) is 18.7 Å². The van der Waals surface area contributed by atoms with Crippen molar-refractivity contribution in [2.75, 3.05) is 13.1 Å². The van der Waals surface area contributed by atoms with Gasteiger partial charge in [-0.1, -0.05) is 0 Å². The molecule has 1 aliphatic rings. The summed E-state index contributed by atoms with van der Waals surface area (Å²) in [6.07, 6.45) is 1.54. The lowest BCUT2D eigenvalue weighted by atomic mass is 9.94. The Labute approximate surface area is 100 Å². The first-order valence-electron chi connectivity index (χ1n) is 5.79. The van der Waals surface area contributed by atoms with Gasteiger partial charge in [0.2, 0.25) is 0 Å². The van der Waals surface area contributed by atoms with Crippen molar-refractivity contribution in [2.45, 2.75) is 25.4 Å². The fraction of sp³-hybridized carbons (Fsp3) is 0.462. The van der Waals surface area contributed by atoms with Crippen LogP contribution >= 0.6 is 0 Å². The van der Waals surface area contributed by atoms with E-state index in [9.17, 15) is 9.90 Å². The van der Waals surface area contributed by atoms with E-state index >= 15 is 0 Å². The number of rotatable bonds is 1. The molecular formula is C13H17NO3. The minimum Gasteiger partial charge on any atom is -0.508 e. The Morgan fingerprint density at radius 2 is 2.00 bits per heavy atom. The first-order chi connectivity index (χ1) is 7.98. The van der Waals surface area contributed by atoms with Gasteiger partial charge >= 0.3 is 0 Å². The average Bonchev–Trinajstić information content (AvgIpc) is 2.28. The van der Waals surface area contributed by atoms with Crippen LogP contribution in [0.4, 0.5) is 0 Å². The lowest BCUT2D eigenvalue weighted by Gasteiger charge is -2.36. The lowest BCUT2D eigenvalue weighted by Crippen LogP contribution is -2.48. The van der Waals surface area contributed by atoms with Crippen LogP contribution in [0.2, 0.25) is 0 Å². The molecule has 0 aliphatic carbocycles. The van der Waals surface area contributed by atoms with E-state index in [1.807, 2.05) is 0 Å². The number of piperidine rings is 1. The fourth-order valence-corrected chi connectivity index (χ4v) is 2.18.